The number of aryl methyl sites for hydroxylation is 2. The molecule has 0 atom stereocenters. The minimum absolute atomic E-state index is 0.0496. The van der Waals surface area contributed by atoms with E-state index in [2.05, 4.69) is 28.5 Å². The van der Waals surface area contributed by atoms with E-state index in [0.717, 1.165) is 22.2 Å². The molecular weight excluding hydrogens is 372 g/mol. The Kier molecular flexibility index (Phi) is 5.69. The maximum atomic E-state index is 12.8. The average molecular weight is 395 g/mol. The van der Waals surface area contributed by atoms with Crippen LogP contribution in [0.3, 0.4) is 0 Å². The predicted molar refractivity (Wildman–Crippen MR) is 115 cm³/mol. The van der Waals surface area contributed by atoms with Gasteiger partial charge < -0.3 is 5.32 Å². The molecule has 1 aliphatic carbocycles. The Hall–Kier alpha value is -1.98. The summed E-state index contributed by atoms with van der Waals surface area (Å²) in [5.74, 6) is -0.0496. The minimum atomic E-state index is -0.0496. The Labute approximate surface area is 167 Å². The molecular formula is C22H22N2OS2. The highest BCUT2D eigenvalue weighted by Crippen LogP contribution is 2.34. The van der Waals surface area contributed by atoms with E-state index < -0.39 is 0 Å². The number of aromatic nitrogens is 1. The van der Waals surface area contributed by atoms with Crippen molar-refractivity contribution in [2.75, 3.05) is 6.26 Å². The fourth-order valence-corrected chi connectivity index (χ4v) is 5.16. The molecule has 0 saturated heterocycles. The summed E-state index contributed by atoms with van der Waals surface area (Å²) < 4.78 is 0. The zero-order chi connectivity index (χ0) is 18.6. The monoisotopic (exact) mass is 394 g/mol. The Morgan fingerprint density at radius 2 is 1.96 bits per heavy atom. The summed E-state index contributed by atoms with van der Waals surface area (Å²) in [7, 11) is 3.35. The van der Waals surface area contributed by atoms with Crippen LogP contribution in [0.5, 0.6) is 0 Å². The van der Waals surface area contributed by atoms with Crippen molar-refractivity contribution in [1.82, 2.24) is 10.3 Å². The number of amides is 1. The Morgan fingerprint density at radius 3 is 2.81 bits per heavy atom. The van der Waals surface area contributed by atoms with Crippen LogP contribution in [0.1, 0.15) is 39.9 Å². The lowest BCUT2D eigenvalue weighted by atomic mass is 9.90. The average Bonchev–Trinajstić information content (AvgIpc) is 2.72. The second kappa shape index (κ2) is 8.36. The zero-order valence-corrected chi connectivity index (χ0v) is 17.0. The molecule has 1 amide bonds. The van der Waals surface area contributed by atoms with Gasteiger partial charge in [-0.05, 0) is 66.8 Å². The van der Waals surface area contributed by atoms with Gasteiger partial charge in [0.25, 0.3) is 5.91 Å². The largest absolute Gasteiger partial charge is 0.348 e. The molecule has 3 aromatic rings. The van der Waals surface area contributed by atoms with Crippen LogP contribution >= 0.6 is 21.6 Å². The van der Waals surface area contributed by atoms with Gasteiger partial charge in [-0.3, -0.25) is 9.78 Å². The third-order valence-electron chi connectivity index (χ3n) is 5.02. The van der Waals surface area contributed by atoms with Crippen LogP contribution in [0.4, 0.5) is 0 Å². The quantitative estimate of drug-likeness (QED) is 0.587. The zero-order valence-electron chi connectivity index (χ0n) is 15.3. The molecule has 27 heavy (non-hydrogen) atoms. The van der Waals surface area contributed by atoms with E-state index in [0.29, 0.717) is 12.1 Å². The molecule has 1 aliphatic rings. The van der Waals surface area contributed by atoms with Crippen LogP contribution in [0, 0.1) is 0 Å². The SMILES string of the molecule is CSSc1ccc(C(=O)NCc2ccc3c(c2)CCCC3)c2cccnc12. The van der Waals surface area contributed by atoms with Gasteiger partial charge in [0, 0.05) is 28.6 Å². The van der Waals surface area contributed by atoms with Crippen molar-refractivity contribution in [2.24, 2.45) is 0 Å². The van der Waals surface area contributed by atoms with Crippen molar-refractivity contribution in [3.05, 3.63) is 70.9 Å². The highest BCUT2D eigenvalue weighted by atomic mass is 33.1. The first-order chi connectivity index (χ1) is 13.3. The Bertz CT molecular complexity index is 987. The van der Waals surface area contributed by atoms with E-state index >= 15 is 0 Å². The first-order valence-corrected chi connectivity index (χ1v) is 11.8. The second-order valence-corrected chi connectivity index (χ2v) is 9.19. The van der Waals surface area contributed by atoms with Crippen LogP contribution < -0.4 is 5.32 Å². The first-order valence-electron chi connectivity index (χ1n) is 9.23. The van der Waals surface area contributed by atoms with Gasteiger partial charge >= 0.3 is 0 Å². The maximum Gasteiger partial charge on any atom is 0.252 e. The predicted octanol–water partition coefficient (Wildman–Crippen LogP) is 5.41. The van der Waals surface area contributed by atoms with Gasteiger partial charge in [0.1, 0.15) is 0 Å². The summed E-state index contributed by atoms with van der Waals surface area (Å²) in [5, 5.41) is 3.99. The van der Waals surface area contributed by atoms with E-state index in [9.17, 15) is 4.79 Å². The molecule has 1 N–H and O–H groups in total. The number of rotatable bonds is 5. The molecule has 0 bridgehead atoms. The fraction of sp³-hybridized carbons (Fsp3) is 0.273. The number of benzene rings is 2. The molecule has 3 nitrogen and oxygen atoms in total. The summed E-state index contributed by atoms with van der Waals surface area (Å²) in [6, 6.07) is 14.4. The lowest BCUT2D eigenvalue weighted by Gasteiger charge is -2.17. The molecule has 4 rings (SSSR count). The number of nitrogens with zero attached hydrogens (tertiary/aromatic N) is 1. The van der Waals surface area contributed by atoms with Gasteiger partial charge in [-0.25, -0.2) is 0 Å². The minimum Gasteiger partial charge on any atom is -0.348 e. The van der Waals surface area contributed by atoms with Gasteiger partial charge in [-0.2, -0.15) is 0 Å². The van der Waals surface area contributed by atoms with Crippen LogP contribution in [-0.4, -0.2) is 17.1 Å². The van der Waals surface area contributed by atoms with Crippen molar-refractivity contribution in [3.63, 3.8) is 0 Å². The highest BCUT2D eigenvalue weighted by molar-refractivity contribution is 8.76. The van der Waals surface area contributed by atoms with Crippen molar-refractivity contribution < 1.29 is 4.79 Å². The van der Waals surface area contributed by atoms with Crippen molar-refractivity contribution in [2.45, 2.75) is 37.1 Å². The third-order valence-corrected chi connectivity index (χ3v) is 6.73. The Balaban J connectivity index is 1.54. The number of hydrogen-bond acceptors (Lipinski definition) is 4. The van der Waals surface area contributed by atoms with Crippen LogP contribution in [0.25, 0.3) is 10.9 Å². The fourth-order valence-electron chi connectivity index (χ4n) is 3.68. The second-order valence-electron chi connectivity index (χ2n) is 6.75. The topological polar surface area (TPSA) is 42.0 Å². The van der Waals surface area contributed by atoms with Crippen molar-refractivity contribution >= 4 is 38.4 Å². The van der Waals surface area contributed by atoms with Crippen molar-refractivity contribution in [1.29, 1.82) is 0 Å². The molecule has 0 radical (unpaired) electrons. The first kappa shape index (κ1) is 18.4. The van der Waals surface area contributed by atoms with Crippen LogP contribution in [0.2, 0.25) is 0 Å². The molecule has 0 fully saturated rings. The van der Waals surface area contributed by atoms with Crippen LogP contribution in [0.15, 0.2) is 53.6 Å². The molecule has 1 heterocycles. The van der Waals surface area contributed by atoms with E-state index in [1.54, 1.807) is 27.8 Å². The summed E-state index contributed by atoms with van der Waals surface area (Å²) in [4.78, 5) is 18.4. The molecule has 5 heteroatoms. The van der Waals surface area contributed by atoms with Crippen LogP contribution in [-0.2, 0) is 19.4 Å². The third kappa shape index (κ3) is 3.99. The number of nitrogens with one attached hydrogen (secondary N) is 1. The molecule has 0 saturated carbocycles. The van der Waals surface area contributed by atoms with Gasteiger partial charge in [0.15, 0.2) is 0 Å². The van der Waals surface area contributed by atoms with E-state index in [1.165, 1.54) is 36.0 Å². The van der Waals surface area contributed by atoms with E-state index in [4.69, 9.17) is 0 Å². The normalized spacial score (nSPS) is 13.4. The number of carbonyl (C=O) groups excluding carboxylic acids is 1. The van der Waals surface area contributed by atoms with E-state index in [-0.39, 0.29) is 5.91 Å². The number of fused-ring (bicyclic) bond motifs is 2. The highest BCUT2D eigenvalue weighted by Gasteiger charge is 2.14. The Morgan fingerprint density at radius 1 is 1.11 bits per heavy atom. The maximum absolute atomic E-state index is 12.8. The lowest BCUT2D eigenvalue weighted by molar-refractivity contribution is 0.0952. The summed E-state index contributed by atoms with van der Waals surface area (Å²) in [6.07, 6.45) is 8.71. The number of hydrogen-bond donors (Lipinski definition) is 1. The van der Waals surface area contributed by atoms with Gasteiger partial charge in [0.2, 0.25) is 0 Å². The number of carbonyl (C=O) groups is 1. The molecule has 0 unspecified atom stereocenters. The summed E-state index contributed by atoms with van der Waals surface area (Å²) >= 11 is 0. The smallest absolute Gasteiger partial charge is 0.252 e. The summed E-state index contributed by atoms with van der Waals surface area (Å²) in [6.45, 7) is 0.551. The van der Waals surface area contributed by atoms with Gasteiger partial charge in [0.05, 0.1) is 5.52 Å². The molecule has 0 aliphatic heterocycles. The van der Waals surface area contributed by atoms with E-state index in [1.807, 2.05) is 30.5 Å². The molecule has 1 aromatic heterocycles. The molecule has 2 aromatic carbocycles. The van der Waals surface area contributed by atoms with Gasteiger partial charge in [-0.15, -0.1) is 0 Å². The lowest BCUT2D eigenvalue weighted by Crippen LogP contribution is -2.23. The number of pyridine rings is 1. The molecule has 138 valence electrons. The van der Waals surface area contributed by atoms with Gasteiger partial charge in [-0.1, -0.05) is 45.9 Å². The van der Waals surface area contributed by atoms with Crippen molar-refractivity contribution in [3.8, 4) is 0 Å². The standard InChI is InChI=1S/C22H22N2OS2/c1-26-27-20-11-10-19(18-7-4-12-23-21(18)20)22(25)24-14-15-8-9-16-5-2-3-6-17(16)13-15/h4,7-13H,2-3,5-6,14H2,1H3,(H,24,25). The molecule has 0 spiro atoms. The summed E-state index contributed by atoms with van der Waals surface area (Å²) in [5.41, 5.74) is 5.65.